The quantitative estimate of drug-likeness (QED) is 0.574. The van der Waals surface area contributed by atoms with Crippen LogP contribution in [0, 0.1) is 18.3 Å². The molecule has 0 aliphatic heterocycles. The number of hydrogen-bond donors (Lipinski definition) is 0. The molecule has 0 heterocycles. The summed E-state index contributed by atoms with van der Waals surface area (Å²) in [5.41, 5.74) is 0.509. The van der Waals surface area contributed by atoms with Crippen LogP contribution in [0.15, 0.2) is 0 Å². The molecule has 1 radical (unpaired) electrons. The molecule has 0 N–H and O–H groups in total. The minimum absolute atomic E-state index is 0.509. The highest BCUT2D eigenvalue weighted by Gasteiger charge is 2.11. The van der Waals surface area contributed by atoms with E-state index < -0.39 is 0 Å². The normalized spacial score (nSPS) is 15.0. The summed E-state index contributed by atoms with van der Waals surface area (Å²) in [5.74, 6) is 0.867. The van der Waals surface area contributed by atoms with Crippen LogP contribution in [0.5, 0.6) is 0 Å². The fourth-order valence-corrected chi connectivity index (χ4v) is 1.17. The van der Waals surface area contributed by atoms with Gasteiger partial charge in [-0.25, -0.2) is 0 Å². The van der Waals surface area contributed by atoms with Gasteiger partial charge in [0.15, 0.2) is 0 Å². The Balaban J connectivity index is 3.38. The molecule has 1 unspecified atom stereocenters. The smallest absolute Gasteiger partial charge is 0.0383 e. The molecule has 0 spiro atoms. The Kier molecular flexibility index (Phi) is 4.79. The second kappa shape index (κ2) is 4.79. The first-order valence-electron chi connectivity index (χ1n) is 4.75. The molecule has 0 heteroatoms. The summed E-state index contributed by atoms with van der Waals surface area (Å²) < 4.78 is 0. The van der Waals surface area contributed by atoms with Crippen LogP contribution in [0.1, 0.15) is 53.4 Å². The van der Waals surface area contributed by atoms with E-state index in [2.05, 4.69) is 34.6 Å². The van der Waals surface area contributed by atoms with Crippen LogP contribution in [0.25, 0.3) is 0 Å². The molecule has 0 nitrogen and oxygen atoms in total. The Morgan fingerprint density at radius 1 is 1.18 bits per heavy atom. The Bertz CT molecular complexity index is 86.7. The van der Waals surface area contributed by atoms with Gasteiger partial charge in [-0.3, -0.25) is 0 Å². The van der Waals surface area contributed by atoms with Crippen LogP contribution in [-0.4, -0.2) is 0 Å². The lowest BCUT2D eigenvalue weighted by molar-refractivity contribution is 0.324. The molecule has 0 saturated heterocycles. The molecular formula is C11H23. The zero-order valence-corrected chi connectivity index (χ0v) is 8.61. The number of hydrogen-bond acceptors (Lipinski definition) is 0. The van der Waals surface area contributed by atoms with E-state index in [4.69, 9.17) is 0 Å². The van der Waals surface area contributed by atoms with E-state index in [1.54, 1.807) is 0 Å². The summed E-state index contributed by atoms with van der Waals surface area (Å²) in [4.78, 5) is 0. The van der Waals surface area contributed by atoms with Crippen LogP contribution >= 0.6 is 0 Å². The van der Waals surface area contributed by atoms with Crippen molar-refractivity contribution in [2.24, 2.45) is 11.3 Å². The topological polar surface area (TPSA) is 0 Å². The SMILES string of the molecule is [CH2]CCC(C)CCC(C)(C)C. The second-order valence-corrected chi connectivity index (χ2v) is 4.85. The summed E-state index contributed by atoms with van der Waals surface area (Å²) in [7, 11) is 0. The van der Waals surface area contributed by atoms with Crippen LogP contribution < -0.4 is 0 Å². The van der Waals surface area contributed by atoms with Crippen molar-refractivity contribution in [3.63, 3.8) is 0 Å². The minimum atomic E-state index is 0.509. The Morgan fingerprint density at radius 2 is 1.73 bits per heavy atom. The van der Waals surface area contributed by atoms with Gasteiger partial charge in [-0.1, -0.05) is 53.9 Å². The molecule has 11 heavy (non-hydrogen) atoms. The van der Waals surface area contributed by atoms with Gasteiger partial charge in [-0.15, -0.1) is 0 Å². The molecule has 0 amide bonds. The summed E-state index contributed by atoms with van der Waals surface area (Å²) in [6.45, 7) is 13.1. The van der Waals surface area contributed by atoms with E-state index in [-0.39, 0.29) is 0 Å². The highest BCUT2D eigenvalue weighted by Crippen LogP contribution is 2.24. The Labute approximate surface area is 72.4 Å². The van der Waals surface area contributed by atoms with Crippen molar-refractivity contribution >= 4 is 0 Å². The summed E-state index contributed by atoms with van der Waals surface area (Å²) in [6, 6.07) is 0. The van der Waals surface area contributed by atoms with E-state index in [1.165, 1.54) is 19.3 Å². The van der Waals surface area contributed by atoms with E-state index >= 15 is 0 Å². The van der Waals surface area contributed by atoms with Gasteiger partial charge in [0.1, 0.15) is 0 Å². The maximum Gasteiger partial charge on any atom is -0.0383 e. The summed E-state index contributed by atoms with van der Waals surface area (Å²) in [5, 5.41) is 0. The third-order valence-electron chi connectivity index (χ3n) is 2.08. The van der Waals surface area contributed by atoms with Crippen LogP contribution in [0.4, 0.5) is 0 Å². The Morgan fingerprint density at radius 3 is 2.09 bits per heavy atom. The second-order valence-electron chi connectivity index (χ2n) is 4.85. The first kappa shape index (κ1) is 11.0. The van der Waals surface area contributed by atoms with Gasteiger partial charge in [0.2, 0.25) is 0 Å². The zero-order valence-electron chi connectivity index (χ0n) is 8.61. The van der Waals surface area contributed by atoms with Gasteiger partial charge in [0, 0.05) is 0 Å². The average molecular weight is 155 g/mol. The van der Waals surface area contributed by atoms with Crippen LogP contribution in [-0.2, 0) is 0 Å². The molecule has 0 bridgehead atoms. The zero-order chi connectivity index (χ0) is 8.91. The van der Waals surface area contributed by atoms with Gasteiger partial charge in [0.25, 0.3) is 0 Å². The van der Waals surface area contributed by atoms with Gasteiger partial charge < -0.3 is 0 Å². The van der Waals surface area contributed by atoms with E-state index in [0.29, 0.717) is 5.41 Å². The molecule has 0 aliphatic rings. The van der Waals surface area contributed by atoms with E-state index in [9.17, 15) is 0 Å². The van der Waals surface area contributed by atoms with Gasteiger partial charge >= 0.3 is 0 Å². The van der Waals surface area contributed by atoms with Gasteiger partial charge in [-0.05, 0) is 17.8 Å². The summed E-state index contributed by atoms with van der Waals surface area (Å²) >= 11 is 0. The molecule has 0 aromatic heterocycles. The molecule has 67 valence electrons. The van der Waals surface area contributed by atoms with Crippen molar-refractivity contribution < 1.29 is 0 Å². The fraction of sp³-hybridized carbons (Fsp3) is 0.909. The average Bonchev–Trinajstić information content (AvgIpc) is 1.83. The first-order chi connectivity index (χ1) is 4.95. The van der Waals surface area contributed by atoms with Crippen LogP contribution in [0.2, 0.25) is 0 Å². The monoisotopic (exact) mass is 155 g/mol. The lowest BCUT2D eigenvalue weighted by atomic mass is 9.86. The maximum atomic E-state index is 3.87. The van der Waals surface area contributed by atoms with Crippen molar-refractivity contribution in [2.75, 3.05) is 0 Å². The molecule has 0 aromatic rings. The van der Waals surface area contributed by atoms with Gasteiger partial charge in [-0.2, -0.15) is 0 Å². The van der Waals surface area contributed by atoms with Crippen molar-refractivity contribution in [1.82, 2.24) is 0 Å². The third kappa shape index (κ3) is 7.90. The summed E-state index contributed by atoms with van der Waals surface area (Å²) in [6.07, 6.45) is 5.08. The Hall–Kier alpha value is 0. The van der Waals surface area contributed by atoms with Crippen LogP contribution in [0.3, 0.4) is 0 Å². The van der Waals surface area contributed by atoms with Crippen molar-refractivity contribution in [3.8, 4) is 0 Å². The van der Waals surface area contributed by atoms with Crippen molar-refractivity contribution in [1.29, 1.82) is 0 Å². The van der Waals surface area contributed by atoms with Gasteiger partial charge in [0.05, 0.1) is 0 Å². The lowest BCUT2D eigenvalue weighted by Gasteiger charge is -2.20. The highest BCUT2D eigenvalue weighted by atomic mass is 14.2. The number of rotatable bonds is 4. The largest absolute Gasteiger partial charge is 0.0625 e. The third-order valence-corrected chi connectivity index (χ3v) is 2.08. The maximum absolute atomic E-state index is 3.87. The molecule has 0 aromatic carbocycles. The highest BCUT2D eigenvalue weighted by molar-refractivity contribution is 4.64. The van der Waals surface area contributed by atoms with Crippen molar-refractivity contribution in [2.45, 2.75) is 53.4 Å². The van der Waals surface area contributed by atoms with E-state index in [0.717, 1.165) is 12.3 Å². The first-order valence-corrected chi connectivity index (χ1v) is 4.75. The predicted molar refractivity (Wildman–Crippen MR) is 52.4 cm³/mol. The lowest BCUT2D eigenvalue weighted by Crippen LogP contribution is -2.07. The molecule has 0 saturated carbocycles. The predicted octanol–water partition coefficient (Wildman–Crippen LogP) is 4.06. The standard InChI is InChI=1S/C11H23/c1-6-7-10(2)8-9-11(3,4)5/h10H,1,6-9H2,2-5H3. The van der Waals surface area contributed by atoms with E-state index in [1.807, 2.05) is 0 Å². The molecule has 0 fully saturated rings. The minimum Gasteiger partial charge on any atom is -0.0625 e. The molecule has 0 rings (SSSR count). The molecule has 0 aliphatic carbocycles. The molecular weight excluding hydrogens is 132 g/mol. The van der Waals surface area contributed by atoms with Crippen molar-refractivity contribution in [3.05, 3.63) is 6.92 Å². The molecule has 1 atom stereocenters. The fourth-order valence-electron chi connectivity index (χ4n) is 1.17.